The maximum absolute atomic E-state index is 12.3. The third kappa shape index (κ3) is 4.34. The van der Waals surface area contributed by atoms with Crippen LogP contribution in [0.2, 0.25) is 0 Å². The van der Waals surface area contributed by atoms with Crippen molar-refractivity contribution in [3.63, 3.8) is 0 Å². The molecule has 1 heterocycles. The number of hydrogen-bond donors (Lipinski definition) is 1. The Morgan fingerprint density at radius 3 is 2.48 bits per heavy atom. The van der Waals surface area contributed by atoms with E-state index in [1.54, 1.807) is 0 Å². The van der Waals surface area contributed by atoms with Gasteiger partial charge in [-0.2, -0.15) is 0 Å². The number of carbonyl (C=O) groups is 1. The number of amides is 1. The SMILES string of the molecule is Cc1ccc(C)c(NC(=O)Cn2cc(S(=O)(=O)N(C)C)ccc2=O)c1. The smallest absolute Gasteiger partial charge is 0.251 e. The second kappa shape index (κ2) is 7.20. The van der Waals surface area contributed by atoms with Crippen LogP contribution in [0.1, 0.15) is 11.1 Å². The largest absolute Gasteiger partial charge is 0.324 e. The van der Waals surface area contributed by atoms with Crippen LogP contribution in [-0.4, -0.2) is 37.3 Å². The molecule has 0 aliphatic carbocycles. The third-order valence-corrected chi connectivity index (χ3v) is 5.51. The van der Waals surface area contributed by atoms with Gasteiger partial charge < -0.3 is 9.88 Å². The summed E-state index contributed by atoms with van der Waals surface area (Å²) in [5.41, 5.74) is 2.11. The highest BCUT2D eigenvalue weighted by atomic mass is 32.2. The van der Waals surface area contributed by atoms with E-state index >= 15 is 0 Å². The Morgan fingerprint density at radius 2 is 1.84 bits per heavy atom. The lowest BCUT2D eigenvalue weighted by molar-refractivity contribution is -0.116. The zero-order valence-electron chi connectivity index (χ0n) is 14.6. The van der Waals surface area contributed by atoms with Crippen LogP contribution in [0, 0.1) is 13.8 Å². The molecule has 0 spiro atoms. The highest BCUT2D eigenvalue weighted by Crippen LogP contribution is 2.16. The Hall–Kier alpha value is -2.45. The summed E-state index contributed by atoms with van der Waals surface area (Å²) in [6, 6.07) is 8.04. The molecule has 0 saturated carbocycles. The minimum Gasteiger partial charge on any atom is -0.324 e. The first-order chi connectivity index (χ1) is 11.6. The highest BCUT2D eigenvalue weighted by molar-refractivity contribution is 7.89. The van der Waals surface area contributed by atoms with E-state index in [-0.39, 0.29) is 11.4 Å². The lowest BCUT2D eigenvalue weighted by Crippen LogP contribution is -2.29. The Kier molecular flexibility index (Phi) is 5.44. The van der Waals surface area contributed by atoms with Gasteiger partial charge in [-0.1, -0.05) is 12.1 Å². The number of carbonyl (C=O) groups excluding carboxylic acids is 1. The van der Waals surface area contributed by atoms with Crippen LogP contribution >= 0.6 is 0 Å². The molecule has 0 bridgehead atoms. The van der Waals surface area contributed by atoms with Crippen molar-refractivity contribution in [1.29, 1.82) is 0 Å². The lowest BCUT2D eigenvalue weighted by atomic mass is 10.1. The molecule has 134 valence electrons. The van der Waals surface area contributed by atoms with Crippen molar-refractivity contribution >= 4 is 21.6 Å². The first-order valence-corrected chi connectivity index (χ1v) is 9.05. The van der Waals surface area contributed by atoms with Gasteiger partial charge in [0.15, 0.2) is 0 Å². The van der Waals surface area contributed by atoms with Crippen molar-refractivity contribution < 1.29 is 13.2 Å². The molecule has 0 atom stereocenters. The highest BCUT2D eigenvalue weighted by Gasteiger charge is 2.18. The molecule has 0 unspecified atom stereocenters. The topological polar surface area (TPSA) is 88.5 Å². The summed E-state index contributed by atoms with van der Waals surface area (Å²) >= 11 is 0. The number of hydrogen-bond acceptors (Lipinski definition) is 4. The molecule has 1 aromatic heterocycles. The monoisotopic (exact) mass is 363 g/mol. The molecule has 0 radical (unpaired) electrons. The van der Waals surface area contributed by atoms with E-state index in [9.17, 15) is 18.0 Å². The fourth-order valence-corrected chi connectivity index (χ4v) is 3.13. The molecule has 1 aromatic carbocycles. The summed E-state index contributed by atoms with van der Waals surface area (Å²) in [6.45, 7) is 3.50. The molecule has 25 heavy (non-hydrogen) atoms. The molecule has 1 N–H and O–H groups in total. The summed E-state index contributed by atoms with van der Waals surface area (Å²) in [6.07, 6.45) is 1.18. The lowest BCUT2D eigenvalue weighted by Gasteiger charge is -2.14. The molecule has 0 fully saturated rings. The van der Waals surface area contributed by atoms with E-state index in [1.165, 1.54) is 26.4 Å². The number of nitrogens with one attached hydrogen (secondary N) is 1. The van der Waals surface area contributed by atoms with Crippen LogP contribution < -0.4 is 10.9 Å². The van der Waals surface area contributed by atoms with Crippen molar-refractivity contribution in [2.45, 2.75) is 25.3 Å². The number of rotatable bonds is 5. The number of anilines is 1. The van der Waals surface area contributed by atoms with Crippen molar-refractivity contribution in [3.8, 4) is 0 Å². The van der Waals surface area contributed by atoms with Gasteiger partial charge in [0.2, 0.25) is 15.9 Å². The molecular weight excluding hydrogens is 342 g/mol. The van der Waals surface area contributed by atoms with Crippen molar-refractivity contribution in [3.05, 3.63) is 58.0 Å². The summed E-state index contributed by atoms with van der Waals surface area (Å²) in [7, 11) is -0.880. The van der Waals surface area contributed by atoms with Crippen LogP contribution in [0.5, 0.6) is 0 Å². The zero-order valence-corrected chi connectivity index (χ0v) is 15.4. The van der Waals surface area contributed by atoms with Gasteiger partial charge in [-0.15, -0.1) is 0 Å². The molecule has 8 heteroatoms. The molecular formula is C17H21N3O4S. The predicted molar refractivity (Wildman–Crippen MR) is 96.1 cm³/mol. The second-order valence-electron chi connectivity index (χ2n) is 5.98. The average molecular weight is 363 g/mol. The Labute approximate surface area is 147 Å². The normalized spacial score (nSPS) is 11.6. The fourth-order valence-electron chi connectivity index (χ4n) is 2.21. The van der Waals surface area contributed by atoms with E-state index in [0.29, 0.717) is 5.69 Å². The maximum Gasteiger partial charge on any atom is 0.251 e. The number of pyridine rings is 1. The number of aromatic nitrogens is 1. The Morgan fingerprint density at radius 1 is 1.16 bits per heavy atom. The van der Waals surface area contributed by atoms with E-state index < -0.39 is 21.5 Å². The van der Waals surface area contributed by atoms with Crippen LogP contribution in [0.15, 0.2) is 46.2 Å². The van der Waals surface area contributed by atoms with Crippen molar-refractivity contribution in [1.82, 2.24) is 8.87 Å². The minimum atomic E-state index is -3.68. The minimum absolute atomic E-state index is 0.0448. The van der Waals surface area contributed by atoms with E-state index in [0.717, 1.165) is 26.1 Å². The fraction of sp³-hybridized carbons (Fsp3) is 0.294. The van der Waals surface area contributed by atoms with Gasteiger partial charge in [-0.25, -0.2) is 12.7 Å². The van der Waals surface area contributed by atoms with Crippen molar-refractivity contribution in [2.24, 2.45) is 0 Å². The average Bonchev–Trinajstić information content (AvgIpc) is 2.52. The first kappa shape index (κ1) is 18.9. The van der Waals surface area contributed by atoms with Crippen molar-refractivity contribution in [2.75, 3.05) is 19.4 Å². The molecule has 2 aromatic rings. The predicted octanol–water partition coefficient (Wildman–Crippen LogP) is 1.35. The summed E-state index contributed by atoms with van der Waals surface area (Å²) in [5.74, 6) is -0.407. The molecule has 0 aliphatic heterocycles. The van der Waals surface area contributed by atoms with Crippen LogP contribution in [0.3, 0.4) is 0 Å². The maximum atomic E-state index is 12.3. The van der Waals surface area contributed by atoms with E-state index in [4.69, 9.17) is 0 Å². The number of benzene rings is 1. The molecule has 1 amide bonds. The van der Waals surface area contributed by atoms with Gasteiger partial charge in [0.1, 0.15) is 6.54 Å². The van der Waals surface area contributed by atoms with Crippen LogP contribution in [-0.2, 0) is 21.4 Å². The Bertz CT molecular complexity index is 962. The number of nitrogens with zero attached hydrogens (tertiary/aromatic N) is 2. The van der Waals surface area contributed by atoms with Gasteiger partial charge in [-0.3, -0.25) is 9.59 Å². The molecule has 0 saturated heterocycles. The van der Waals surface area contributed by atoms with Crippen LogP contribution in [0.25, 0.3) is 0 Å². The Balaban J connectivity index is 2.26. The van der Waals surface area contributed by atoms with Gasteiger partial charge in [0.05, 0.1) is 4.90 Å². The van der Waals surface area contributed by atoms with Gasteiger partial charge in [0, 0.05) is 32.0 Å². The van der Waals surface area contributed by atoms with Gasteiger partial charge >= 0.3 is 0 Å². The molecule has 2 rings (SSSR count). The summed E-state index contributed by atoms with van der Waals surface area (Å²) < 4.78 is 26.5. The van der Waals surface area contributed by atoms with Gasteiger partial charge in [-0.05, 0) is 37.1 Å². The van der Waals surface area contributed by atoms with E-state index in [1.807, 2.05) is 32.0 Å². The molecule has 0 aliphatic rings. The standard InChI is InChI=1S/C17H21N3O4S/c1-12-5-6-13(2)15(9-12)18-16(21)11-20-10-14(7-8-17(20)22)25(23,24)19(3)4/h5-10H,11H2,1-4H3,(H,18,21). The quantitative estimate of drug-likeness (QED) is 0.869. The second-order valence-corrected chi connectivity index (χ2v) is 8.14. The van der Waals surface area contributed by atoms with E-state index in [2.05, 4.69) is 5.32 Å². The van der Waals surface area contributed by atoms with Crippen LogP contribution in [0.4, 0.5) is 5.69 Å². The first-order valence-electron chi connectivity index (χ1n) is 7.61. The summed E-state index contributed by atoms with van der Waals surface area (Å²) in [4.78, 5) is 24.2. The number of sulfonamides is 1. The molecule has 7 nitrogen and oxygen atoms in total. The third-order valence-electron chi connectivity index (χ3n) is 3.72. The zero-order chi connectivity index (χ0) is 18.8. The van der Waals surface area contributed by atoms with Gasteiger partial charge in [0.25, 0.3) is 5.56 Å². The summed E-state index contributed by atoms with van der Waals surface area (Å²) in [5, 5.41) is 2.75. The number of aryl methyl sites for hydroxylation is 2.